The van der Waals surface area contributed by atoms with Crippen molar-refractivity contribution in [2.24, 2.45) is 17.8 Å². The fourth-order valence-corrected chi connectivity index (χ4v) is 6.64. The third-order valence-corrected chi connectivity index (χ3v) is 7.91. The summed E-state index contributed by atoms with van der Waals surface area (Å²) in [6, 6.07) is 0. The number of hydrogen-bond donors (Lipinski definition) is 1. The minimum Gasteiger partial charge on any atom is -0.370 e. The standard InChI is InChI=1S/C20H41NO4Si/c1-14(2)18-9-11-19(12-10-18)20(22)21-13-26(23-15(3)4,24-16(5)6)25-17(7)8/h14-19H,9-13H2,1-8H3,(H,21,22). The number of carbonyl (C=O) groups is 1. The molecule has 0 saturated heterocycles. The minimum absolute atomic E-state index is 0.0162. The SMILES string of the molecule is CC(C)O[Si](CNC(=O)C1CCC(C(C)C)CC1)(OC(C)C)OC(C)C. The lowest BCUT2D eigenvalue weighted by Crippen LogP contribution is -2.59. The number of carbonyl (C=O) groups excluding carboxylic acids is 1. The fraction of sp³-hybridized carbons (Fsp3) is 0.950. The summed E-state index contributed by atoms with van der Waals surface area (Å²) >= 11 is 0. The van der Waals surface area contributed by atoms with Crippen molar-refractivity contribution in [3.63, 3.8) is 0 Å². The van der Waals surface area contributed by atoms with E-state index in [0.29, 0.717) is 12.1 Å². The minimum atomic E-state index is -2.97. The van der Waals surface area contributed by atoms with Gasteiger partial charge in [-0.3, -0.25) is 4.79 Å². The summed E-state index contributed by atoms with van der Waals surface area (Å²) in [6.45, 7) is 16.4. The number of hydrogen-bond acceptors (Lipinski definition) is 4. The van der Waals surface area contributed by atoms with Gasteiger partial charge in [-0.15, -0.1) is 0 Å². The molecule has 0 aromatic carbocycles. The molecule has 0 aromatic rings. The number of nitrogens with one attached hydrogen (secondary N) is 1. The highest BCUT2D eigenvalue weighted by Crippen LogP contribution is 2.33. The highest BCUT2D eigenvalue weighted by molar-refractivity contribution is 6.61. The molecule has 1 aliphatic carbocycles. The van der Waals surface area contributed by atoms with E-state index in [9.17, 15) is 4.79 Å². The monoisotopic (exact) mass is 387 g/mol. The number of rotatable bonds is 10. The molecule has 5 nitrogen and oxygen atoms in total. The Kier molecular flexibility index (Phi) is 9.79. The van der Waals surface area contributed by atoms with Crippen molar-refractivity contribution in [1.82, 2.24) is 5.32 Å². The van der Waals surface area contributed by atoms with Crippen LogP contribution in [0.1, 0.15) is 81.1 Å². The molecule has 0 aliphatic heterocycles. The van der Waals surface area contributed by atoms with Crippen molar-refractivity contribution in [3.8, 4) is 0 Å². The highest BCUT2D eigenvalue weighted by atomic mass is 28.4. The van der Waals surface area contributed by atoms with E-state index in [0.717, 1.165) is 31.6 Å². The van der Waals surface area contributed by atoms with E-state index in [2.05, 4.69) is 19.2 Å². The van der Waals surface area contributed by atoms with Gasteiger partial charge < -0.3 is 18.6 Å². The summed E-state index contributed by atoms with van der Waals surface area (Å²) in [4.78, 5) is 12.7. The second kappa shape index (κ2) is 10.8. The Hall–Kier alpha value is -0.433. The van der Waals surface area contributed by atoms with Gasteiger partial charge in [-0.2, -0.15) is 0 Å². The Labute approximate surface area is 161 Å². The molecule has 1 rings (SSSR count). The van der Waals surface area contributed by atoms with Crippen LogP contribution < -0.4 is 5.32 Å². The van der Waals surface area contributed by atoms with Crippen molar-refractivity contribution in [3.05, 3.63) is 0 Å². The van der Waals surface area contributed by atoms with E-state index in [1.54, 1.807) is 0 Å². The van der Waals surface area contributed by atoms with Gasteiger partial charge in [0.2, 0.25) is 5.91 Å². The van der Waals surface area contributed by atoms with Gasteiger partial charge in [-0.05, 0) is 79.1 Å². The lowest BCUT2D eigenvalue weighted by molar-refractivity contribution is -0.126. The second-order valence-electron chi connectivity index (χ2n) is 8.76. The normalized spacial score (nSPS) is 21.8. The summed E-state index contributed by atoms with van der Waals surface area (Å²) in [5.74, 6) is 1.69. The van der Waals surface area contributed by atoms with Crippen LogP contribution in [0.2, 0.25) is 0 Å². The highest BCUT2D eigenvalue weighted by Gasteiger charge is 2.45. The van der Waals surface area contributed by atoms with Crippen LogP contribution in [-0.2, 0) is 18.1 Å². The second-order valence-corrected chi connectivity index (χ2v) is 11.2. The van der Waals surface area contributed by atoms with Crippen molar-refractivity contribution in [2.45, 2.75) is 99.4 Å². The lowest BCUT2D eigenvalue weighted by atomic mass is 9.77. The van der Waals surface area contributed by atoms with Gasteiger partial charge in [-0.25, -0.2) is 0 Å². The molecule has 1 fully saturated rings. The zero-order chi connectivity index (χ0) is 19.9. The Morgan fingerprint density at radius 2 is 1.27 bits per heavy atom. The molecular weight excluding hydrogens is 346 g/mol. The molecular formula is C20H41NO4Si. The van der Waals surface area contributed by atoms with Crippen LogP contribution in [0.3, 0.4) is 0 Å². The zero-order valence-electron chi connectivity index (χ0n) is 18.1. The van der Waals surface area contributed by atoms with E-state index in [1.807, 2.05) is 41.5 Å². The van der Waals surface area contributed by atoms with Crippen molar-refractivity contribution in [2.75, 3.05) is 6.17 Å². The first-order valence-electron chi connectivity index (χ1n) is 10.4. The lowest BCUT2D eigenvalue weighted by Gasteiger charge is -2.35. The number of amides is 1. The largest absolute Gasteiger partial charge is 0.521 e. The summed E-state index contributed by atoms with van der Waals surface area (Å²) in [7, 11) is -2.97. The van der Waals surface area contributed by atoms with E-state index in [4.69, 9.17) is 13.3 Å². The molecule has 0 bridgehead atoms. The van der Waals surface area contributed by atoms with Crippen LogP contribution in [0.15, 0.2) is 0 Å². The molecule has 26 heavy (non-hydrogen) atoms. The first-order valence-corrected chi connectivity index (χ1v) is 12.3. The third kappa shape index (κ3) is 8.07. The van der Waals surface area contributed by atoms with Crippen LogP contribution in [0.25, 0.3) is 0 Å². The maximum atomic E-state index is 12.7. The molecule has 0 spiro atoms. The average Bonchev–Trinajstić information content (AvgIpc) is 2.50. The summed E-state index contributed by atoms with van der Waals surface area (Å²) in [6.07, 6.45) is 4.53. The van der Waals surface area contributed by atoms with Gasteiger partial charge >= 0.3 is 8.80 Å². The Morgan fingerprint density at radius 3 is 1.62 bits per heavy atom. The molecule has 154 valence electrons. The maximum absolute atomic E-state index is 12.7. The molecule has 6 heteroatoms. The van der Waals surface area contributed by atoms with Crippen molar-refractivity contribution >= 4 is 14.7 Å². The van der Waals surface area contributed by atoms with Crippen LogP contribution in [-0.4, -0.2) is 39.2 Å². The molecule has 0 unspecified atom stereocenters. The summed E-state index contributed by atoms with van der Waals surface area (Å²) in [5.41, 5.74) is 0. The van der Waals surface area contributed by atoms with Gasteiger partial charge in [0.25, 0.3) is 0 Å². The van der Waals surface area contributed by atoms with Crippen LogP contribution in [0.5, 0.6) is 0 Å². The molecule has 1 aliphatic rings. The maximum Gasteiger partial charge on any atom is 0.521 e. The molecule has 0 heterocycles. The van der Waals surface area contributed by atoms with Gasteiger partial charge in [0, 0.05) is 24.2 Å². The first-order chi connectivity index (χ1) is 12.0. The smallest absolute Gasteiger partial charge is 0.370 e. The van der Waals surface area contributed by atoms with Gasteiger partial charge in [0.15, 0.2) is 0 Å². The topological polar surface area (TPSA) is 56.8 Å². The van der Waals surface area contributed by atoms with Crippen LogP contribution in [0, 0.1) is 17.8 Å². The predicted octanol–water partition coefficient (Wildman–Crippen LogP) is 4.32. The van der Waals surface area contributed by atoms with E-state index in [1.165, 1.54) is 0 Å². The molecule has 0 aromatic heterocycles. The van der Waals surface area contributed by atoms with Crippen LogP contribution in [0.4, 0.5) is 0 Å². The average molecular weight is 388 g/mol. The Balaban J connectivity index is 2.70. The van der Waals surface area contributed by atoms with E-state index >= 15 is 0 Å². The molecule has 1 saturated carbocycles. The predicted molar refractivity (Wildman–Crippen MR) is 108 cm³/mol. The molecule has 0 radical (unpaired) electrons. The molecule has 1 amide bonds. The van der Waals surface area contributed by atoms with Gasteiger partial charge in [0.05, 0.1) is 6.17 Å². The van der Waals surface area contributed by atoms with Crippen molar-refractivity contribution < 1.29 is 18.1 Å². The van der Waals surface area contributed by atoms with Gasteiger partial charge in [0.1, 0.15) is 0 Å². The summed E-state index contributed by atoms with van der Waals surface area (Å²) < 4.78 is 18.4. The fourth-order valence-electron chi connectivity index (χ4n) is 3.67. The third-order valence-electron chi connectivity index (χ3n) is 4.81. The molecule has 1 N–H and O–H groups in total. The van der Waals surface area contributed by atoms with E-state index < -0.39 is 8.80 Å². The molecule has 0 atom stereocenters. The van der Waals surface area contributed by atoms with Crippen LogP contribution >= 0.6 is 0 Å². The first kappa shape index (κ1) is 23.6. The van der Waals surface area contributed by atoms with Gasteiger partial charge in [-0.1, -0.05) is 13.8 Å². The zero-order valence-corrected chi connectivity index (χ0v) is 19.1. The summed E-state index contributed by atoms with van der Waals surface area (Å²) in [5, 5.41) is 3.10. The van der Waals surface area contributed by atoms with Crippen molar-refractivity contribution in [1.29, 1.82) is 0 Å². The Morgan fingerprint density at radius 1 is 0.846 bits per heavy atom. The Bertz CT molecular complexity index is 392. The quantitative estimate of drug-likeness (QED) is 0.567. The van der Waals surface area contributed by atoms with E-state index in [-0.39, 0.29) is 30.1 Å².